The minimum atomic E-state index is -0.168. The average Bonchev–Trinajstić information content (AvgIpc) is 2.83. The Morgan fingerprint density at radius 2 is 2.10 bits per heavy atom. The van der Waals surface area contributed by atoms with Crippen LogP contribution in [0.25, 0.3) is 0 Å². The van der Waals surface area contributed by atoms with Gasteiger partial charge in [-0.3, -0.25) is 4.79 Å². The summed E-state index contributed by atoms with van der Waals surface area (Å²) in [6.45, 7) is 2.26. The van der Waals surface area contributed by atoms with E-state index in [1.165, 1.54) is 7.11 Å². The summed E-state index contributed by atoms with van der Waals surface area (Å²) in [5.41, 5.74) is 0.436. The molecule has 1 aromatic carbocycles. The fourth-order valence-corrected chi connectivity index (χ4v) is 2.10. The van der Waals surface area contributed by atoms with Gasteiger partial charge in [0.1, 0.15) is 17.3 Å². The smallest absolute Gasteiger partial charge is 0.257 e. The third-order valence-corrected chi connectivity index (χ3v) is 3.16. The van der Waals surface area contributed by atoms with Crippen molar-refractivity contribution in [3.63, 3.8) is 0 Å². The summed E-state index contributed by atoms with van der Waals surface area (Å²) >= 11 is 5.94. The van der Waals surface area contributed by atoms with Crippen LogP contribution in [0.1, 0.15) is 21.9 Å². The Balaban J connectivity index is 2.20. The van der Waals surface area contributed by atoms with Gasteiger partial charge in [0.15, 0.2) is 0 Å². The van der Waals surface area contributed by atoms with Crippen LogP contribution in [0.5, 0.6) is 5.75 Å². The van der Waals surface area contributed by atoms with Crippen LogP contribution in [-0.4, -0.2) is 25.0 Å². The molecule has 0 saturated heterocycles. The van der Waals surface area contributed by atoms with Crippen LogP contribution in [0.3, 0.4) is 0 Å². The molecule has 0 fully saturated rings. The van der Waals surface area contributed by atoms with E-state index in [2.05, 4.69) is 0 Å². The van der Waals surface area contributed by atoms with E-state index in [9.17, 15) is 4.79 Å². The maximum absolute atomic E-state index is 12.4. The van der Waals surface area contributed by atoms with Gasteiger partial charge in [0.25, 0.3) is 5.91 Å². The van der Waals surface area contributed by atoms with Crippen molar-refractivity contribution < 1.29 is 13.9 Å². The minimum Gasteiger partial charge on any atom is -0.496 e. The lowest BCUT2D eigenvalue weighted by Crippen LogP contribution is -2.26. The minimum absolute atomic E-state index is 0.168. The lowest BCUT2D eigenvalue weighted by molar-refractivity contribution is 0.0771. The molecule has 5 heteroatoms. The normalized spacial score (nSPS) is 10.4. The fourth-order valence-electron chi connectivity index (χ4n) is 1.93. The van der Waals surface area contributed by atoms with E-state index in [4.69, 9.17) is 20.8 Å². The van der Waals surface area contributed by atoms with Crippen molar-refractivity contribution in [2.24, 2.45) is 0 Å². The van der Waals surface area contributed by atoms with E-state index in [-0.39, 0.29) is 5.91 Å². The zero-order valence-corrected chi connectivity index (χ0v) is 12.4. The zero-order valence-electron chi connectivity index (χ0n) is 11.6. The van der Waals surface area contributed by atoms with Gasteiger partial charge >= 0.3 is 0 Å². The lowest BCUT2D eigenvalue weighted by atomic mass is 10.1. The first-order valence-electron chi connectivity index (χ1n) is 6.15. The van der Waals surface area contributed by atoms with Crippen LogP contribution in [0.15, 0.2) is 34.7 Å². The first-order valence-corrected chi connectivity index (χ1v) is 6.53. The molecule has 1 amide bonds. The second kappa shape index (κ2) is 6.01. The largest absolute Gasteiger partial charge is 0.496 e. The van der Waals surface area contributed by atoms with Crippen molar-refractivity contribution in [1.29, 1.82) is 0 Å². The molecule has 1 heterocycles. The molecule has 2 rings (SSSR count). The maximum atomic E-state index is 12.4. The number of carbonyl (C=O) groups is 1. The molecule has 0 aliphatic carbocycles. The van der Waals surface area contributed by atoms with Crippen LogP contribution >= 0.6 is 11.6 Å². The third kappa shape index (κ3) is 3.14. The second-order valence-corrected chi connectivity index (χ2v) is 4.95. The number of hydrogen-bond acceptors (Lipinski definition) is 3. The van der Waals surface area contributed by atoms with Crippen molar-refractivity contribution in [1.82, 2.24) is 4.90 Å². The van der Waals surface area contributed by atoms with Gasteiger partial charge in [-0.2, -0.15) is 0 Å². The number of rotatable bonds is 4. The highest BCUT2D eigenvalue weighted by atomic mass is 35.5. The Bertz CT molecular complexity index is 621. The number of ether oxygens (including phenoxy) is 1. The number of amides is 1. The van der Waals surface area contributed by atoms with Crippen LogP contribution in [0.2, 0.25) is 5.02 Å². The number of benzene rings is 1. The topological polar surface area (TPSA) is 42.7 Å². The Labute approximate surface area is 122 Å². The average molecular weight is 294 g/mol. The summed E-state index contributed by atoms with van der Waals surface area (Å²) < 4.78 is 10.7. The van der Waals surface area contributed by atoms with E-state index in [0.29, 0.717) is 22.9 Å². The second-order valence-electron chi connectivity index (χ2n) is 4.52. The van der Waals surface area contributed by atoms with Crippen LogP contribution in [0.4, 0.5) is 0 Å². The van der Waals surface area contributed by atoms with Gasteiger partial charge in [0, 0.05) is 12.1 Å². The van der Waals surface area contributed by atoms with E-state index in [1.54, 1.807) is 30.1 Å². The molecule has 0 saturated carbocycles. The number of nitrogens with zero attached hydrogens (tertiary/aromatic N) is 1. The number of hydrogen-bond donors (Lipinski definition) is 0. The highest BCUT2D eigenvalue weighted by Gasteiger charge is 2.18. The number of aryl methyl sites for hydroxylation is 1. The number of carbonyl (C=O) groups excluding carboxylic acids is 1. The molecule has 2 aromatic rings. The third-order valence-electron chi connectivity index (χ3n) is 2.93. The number of furan rings is 1. The number of methoxy groups -OCH3 is 1. The molecular weight excluding hydrogens is 278 g/mol. The molecule has 106 valence electrons. The molecule has 0 N–H and O–H groups in total. The van der Waals surface area contributed by atoms with E-state index in [0.717, 1.165) is 11.5 Å². The molecule has 0 aliphatic rings. The van der Waals surface area contributed by atoms with Gasteiger partial charge in [0.05, 0.1) is 19.2 Å². The highest BCUT2D eigenvalue weighted by Crippen LogP contribution is 2.24. The Morgan fingerprint density at radius 1 is 1.35 bits per heavy atom. The first-order chi connectivity index (χ1) is 9.51. The van der Waals surface area contributed by atoms with E-state index < -0.39 is 0 Å². The maximum Gasteiger partial charge on any atom is 0.257 e. The Hall–Kier alpha value is -1.94. The van der Waals surface area contributed by atoms with Gasteiger partial charge in [-0.05, 0) is 37.3 Å². The fraction of sp³-hybridized carbons (Fsp3) is 0.267. The van der Waals surface area contributed by atoms with Gasteiger partial charge in [-0.25, -0.2) is 0 Å². The molecule has 1 aromatic heterocycles. The number of halogens is 1. The summed E-state index contributed by atoms with van der Waals surface area (Å²) in [5, 5.41) is 0.497. The summed E-state index contributed by atoms with van der Waals surface area (Å²) in [7, 11) is 3.23. The van der Waals surface area contributed by atoms with Crippen molar-refractivity contribution in [2.45, 2.75) is 13.5 Å². The predicted octanol–water partition coefficient (Wildman–Crippen LogP) is 3.52. The Kier molecular flexibility index (Phi) is 4.35. The molecule has 0 radical (unpaired) electrons. The molecular formula is C15H16ClNO3. The predicted molar refractivity (Wildman–Crippen MR) is 77.2 cm³/mol. The molecule has 0 unspecified atom stereocenters. The van der Waals surface area contributed by atoms with Crippen LogP contribution in [0, 0.1) is 6.92 Å². The standard InChI is InChI=1S/C15H16ClNO3/c1-10-4-6-12(20-10)9-17(2)15(18)13-8-11(16)5-7-14(13)19-3/h4-8H,9H2,1-3H3. The van der Waals surface area contributed by atoms with Gasteiger partial charge in [-0.15, -0.1) is 0 Å². The summed E-state index contributed by atoms with van der Waals surface area (Å²) in [5.74, 6) is 1.89. The molecule has 4 nitrogen and oxygen atoms in total. The molecule has 0 aliphatic heterocycles. The Morgan fingerprint density at radius 3 is 2.70 bits per heavy atom. The van der Waals surface area contributed by atoms with E-state index >= 15 is 0 Å². The van der Waals surface area contributed by atoms with Gasteiger partial charge in [0.2, 0.25) is 0 Å². The molecule has 0 spiro atoms. The van der Waals surface area contributed by atoms with Crippen molar-refractivity contribution in [3.8, 4) is 5.75 Å². The molecule has 0 atom stereocenters. The van der Waals surface area contributed by atoms with Crippen molar-refractivity contribution in [3.05, 3.63) is 52.4 Å². The SMILES string of the molecule is COc1ccc(Cl)cc1C(=O)N(C)Cc1ccc(C)o1. The first kappa shape index (κ1) is 14.5. The van der Waals surface area contributed by atoms with E-state index in [1.807, 2.05) is 19.1 Å². The molecule has 0 bridgehead atoms. The molecule has 20 heavy (non-hydrogen) atoms. The van der Waals surface area contributed by atoms with Gasteiger partial charge in [-0.1, -0.05) is 11.6 Å². The summed E-state index contributed by atoms with van der Waals surface area (Å²) in [6, 6.07) is 8.70. The lowest BCUT2D eigenvalue weighted by Gasteiger charge is -2.17. The summed E-state index contributed by atoms with van der Waals surface area (Å²) in [6.07, 6.45) is 0. The zero-order chi connectivity index (χ0) is 14.7. The quantitative estimate of drug-likeness (QED) is 0.866. The highest BCUT2D eigenvalue weighted by molar-refractivity contribution is 6.31. The van der Waals surface area contributed by atoms with Gasteiger partial charge < -0.3 is 14.1 Å². The van der Waals surface area contributed by atoms with Crippen molar-refractivity contribution >= 4 is 17.5 Å². The summed E-state index contributed by atoms with van der Waals surface area (Å²) in [4.78, 5) is 14.0. The monoisotopic (exact) mass is 293 g/mol. The van der Waals surface area contributed by atoms with Crippen molar-refractivity contribution in [2.75, 3.05) is 14.2 Å². The van der Waals surface area contributed by atoms with Crippen LogP contribution in [-0.2, 0) is 6.54 Å². The van der Waals surface area contributed by atoms with Crippen LogP contribution < -0.4 is 4.74 Å².